The predicted molar refractivity (Wildman–Crippen MR) is 91.4 cm³/mol. The fourth-order valence-electron chi connectivity index (χ4n) is 4.38. The Kier molecular flexibility index (Phi) is 4.56. The minimum atomic E-state index is -0.807. The van der Waals surface area contributed by atoms with E-state index < -0.39 is 11.6 Å². The number of nitrogens with one attached hydrogen (secondary N) is 1. The standard InChI is InChI=1S/C18H24ClNO3/c1-3-8-18(10-14(21)22)17-12(7-9-23-18)15-11(4-2)5-6-13(19)16(15)20-17/h5-6,12,17,20H,3-4,7-10H2,1-2H3,(H,21,22). The lowest BCUT2D eigenvalue weighted by Gasteiger charge is -2.45. The Bertz CT molecular complexity index is 615. The van der Waals surface area contributed by atoms with Crippen LogP contribution in [-0.2, 0) is 16.0 Å². The van der Waals surface area contributed by atoms with Crippen LogP contribution in [0.1, 0.15) is 56.6 Å². The first-order chi connectivity index (χ1) is 11.0. The van der Waals surface area contributed by atoms with Crippen molar-refractivity contribution >= 4 is 23.3 Å². The van der Waals surface area contributed by atoms with Gasteiger partial charge in [-0.05, 0) is 36.5 Å². The fraction of sp³-hybridized carbons (Fsp3) is 0.611. The summed E-state index contributed by atoms with van der Waals surface area (Å²) in [4.78, 5) is 11.5. The Balaban J connectivity index is 2.05. The molecule has 3 rings (SSSR count). The molecule has 0 spiro atoms. The van der Waals surface area contributed by atoms with Gasteiger partial charge in [-0.25, -0.2) is 0 Å². The number of carboxylic acids is 1. The van der Waals surface area contributed by atoms with Crippen molar-refractivity contribution in [3.8, 4) is 0 Å². The van der Waals surface area contributed by atoms with Gasteiger partial charge in [0.2, 0.25) is 0 Å². The van der Waals surface area contributed by atoms with Crippen molar-refractivity contribution in [3.05, 3.63) is 28.3 Å². The van der Waals surface area contributed by atoms with Gasteiger partial charge in [0.15, 0.2) is 0 Å². The number of hydrogen-bond acceptors (Lipinski definition) is 3. The molecule has 0 aliphatic carbocycles. The SMILES string of the molecule is CCCC1(CC(=O)O)OCCC2c3c(CC)ccc(Cl)c3NC21. The first-order valence-electron chi connectivity index (χ1n) is 8.46. The highest BCUT2D eigenvalue weighted by Crippen LogP contribution is 2.51. The molecule has 0 bridgehead atoms. The second-order valence-electron chi connectivity index (χ2n) is 6.60. The molecule has 1 fully saturated rings. The van der Waals surface area contributed by atoms with Crippen LogP contribution in [0.2, 0.25) is 5.02 Å². The third-order valence-corrected chi connectivity index (χ3v) is 5.56. The minimum absolute atomic E-state index is 0.0208. The number of aryl methyl sites for hydroxylation is 1. The summed E-state index contributed by atoms with van der Waals surface area (Å²) in [5.41, 5.74) is 2.90. The Morgan fingerprint density at radius 3 is 2.91 bits per heavy atom. The molecule has 0 saturated carbocycles. The topological polar surface area (TPSA) is 58.6 Å². The van der Waals surface area contributed by atoms with Crippen molar-refractivity contribution in [3.63, 3.8) is 0 Å². The van der Waals surface area contributed by atoms with E-state index in [1.165, 1.54) is 11.1 Å². The summed E-state index contributed by atoms with van der Waals surface area (Å²) in [5.74, 6) is -0.531. The summed E-state index contributed by atoms with van der Waals surface area (Å²) in [6.45, 7) is 4.82. The van der Waals surface area contributed by atoms with Crippen LogP contribution in [0.3, 0.4) is 0 Å². The lowest BCUT2D eigenvalue weighted by Crippen LogP contribution is -2.54. The molecule has 0 radical (unpaired) electrons. The lowest BCUT2D eigenvalue weighted by molar-refractivity contribution is -0.152. The van der Waals surface area contributed by atoms with Gasteiger partial charge in [-0.1, -0.05) is 37.9 Å². The molecule has 1 saturated heterocycles. The molecular formula is C18H24ClNO3. The van der Waals surface area contributed by atoms with E-state index in [2.05, 4.69) is 25.2 Å². The summed E-state index contributed by atoms with van der Waals surface area (Å²) in [6.07, 6.45) is 3.51. The highest BCUT2D eigenvalue weighted by Gasteiger charge is 2.52. The number of carbonyl (C=O) groups is 1. The Labute approximate surface area is 142 Å². The maximum Gasteiger partial charge on any atom is 0.306 e. The quantitative estimate of drug-likeness (QED) is 0.844. The lowest BCUT2D eigenvalue weighted by atomic mass is 9.74. The molecule has 5 heteroatoms. The van der Waals surface area contributed by atoms with E-state index in [-0.39, 0.29) is 18.4 Å². The van der Waals surface area contributed by atoms with E-state index in [9.17, 15) is 9.90 Å². The molecule has 126 valence electrons. The number of rotatable bonds is 5. The van der Waals surface area contributed by atoms with Gasteiger partial charge in [0.25, 0.3) is 0 Å². The molecular weight excluding hydrogens is 314 g/mol. The first kappa shape index (κ1) is 16.6. The van der Waals surface area contributed by atoms with Gasteiger partial charge in [0.1, 0.15) is 0 Å². The maximum absolute atomic E-state index is 11.5. The van der Waals surface area contributed by atoms with Crippen LogP contribution in [-0.4, -0.2) is 29.3 Å². The van der Waals surface area contributed by atoms with Crippen molar-refractivity contribution in [2.24, 2.45) is 0 Å². The average Bonchev–Trinajstić information content (AvgIpc) is 2.90. The molecule has 4 nitrogen and oxygen atoms in total. The summed E-state index contributed by atoms with van der Waals surface area (Å²) >= 11 is 6.42. The molecule has 2 N–H and O–H groups in total. The van der Waals surface area contributed by atoms with Crippen molar-refractivity contribution in [2.75, 3.05) is 11.9 Å². The van der Waals surface area contributed by atoms with Gasteiger partial charge in [0, 0.05) is 12.5 Å². The zero-order valence-electron chi connectivity index (χ0n) is 13.7. The third-order valence-electron chi connectivity index (χ3n) is 5.25. The molecule has 0 amide bonds. The maximum atomic E-state index is 11.5. The van der Waals surface area contributed by atoms with Crippen LogP contribution >= 0.6 is 11.6 Å². The Hall–Kier alpha value is -1.26. The van der Waals surface area contributed by atoms with Gasteiger partial charge in [0.05, 0.1) is 28.8 Å². The second-order valence-corrected chi connectivity index (χ2v) is 7.01. The second kappa shape index (κ2) is 6.33. The highest BCUT2D eigenvalue weighted by atomic mass is 35.5. The molecule has 0 aromatic heterocycles. The Morgan fingerprint density at radius 1 is 1.48 bits per heavy atom. The van der Waals surface area contributed by atoms with E-state index in [1.807, 2.05) is 6.07 Å². The van der Waals surface area contributed by atoms with Crippen LogP contribution < -0.4 is 5.32 Å². The molecule has 1 aromatic carbocycles. The van der Waals surface area contributed by atoms with Gasteiger partial charge >= 0.3 is 5.97 Å². The van der Waals surface area contributed by atoms with Crippen molar-refractivity contribution in [1.29, 1.82) is 0 Å². The minimum Gasteiger partial charge on any atom is -0.481 e. The Morgan fingerprint density at radius 2 is 2.26 bits per heavy atom. The van der Waals surface area contributed by atoms with Crippen LogP contribution in [0.25, 0.3) is 0 Å². The van der Waals surface area contributed by atoms with Crippen molar-refractivity contribution in [2.45, 2.75) is 63.5 Å². The number of aliphatic carboxylic acids is 1. The van der Waals surface area contributed by atoms with Crippen LogP contribution in [0.4, 0.5) is 5.69 Å². The molecule has 3 atom stereocenters. The predicted octanol–water partition coefficient (Wildman–Crippen LogP) is 4.21. The smallest absolute Gasteiger partial charge is 0.306 e. The van der Waals surface area contributed by atoms with E-state index >= 15 is 0 Å². The van der Waals surface area contributed by atoms with E-state index in [1.54, 1.807) is 0 Å². The normalized spacial score (nSPS) is 28.8. The number of carboxylic acid groups (broad SMARTS) is 1. The van der Waals surface area contributed by atoms with Crippen LogP contribution in [0.5, 0.6) is 0 Å². The number of hydrogen-bond donors (Lipinski definition) is 2. The van der Waals surface area contributed by atoms with Gasteiger partial charge < -0.3 is 15.2 Å². The number of anilines is 1. The summed E-state index contributed by atoms with van der Waals surface area (Å²) in [5, 5.41) is 13.7. The number of fused-ring (bicyclic) bond motifs is 3. The molecule has 3 unspecified atom stereocenters. The zero-order valence-corrected chi connectivity index (χ0v) is 14.4. The molecule has 2 aliphatic rings. The summed E-state index contributed by atoms with van der Waals surface area (Å²) in [7, 11) is 0. The van der Waals surface area contributed by atoms with E-state index in [0.29, 0.717) is 11.6 Å². The highest BCUT2D eigenvalue weighted by molar-refractivity contribution is 6.33. The zero-order chi connectivity index (χ0) is 16.6. The van der Waals surface area contributed by atoms with Gasteiger partial charge in [-0.15, -0.1) is 0 Å². The molecule has 1 aromatic rings. The third kappa shape index (κ3) is 2.72. The molecule has 2 heterocycles. The monoisotopic (exact) mass is 337 g/mol. The molecule has 23 heavy (non-hydrogen) atoms. The van der Waals surface area contributed by atoms with Gasteiger partial charge in [-0.3, -0.25) is 4.79 Å². The van der Waals surface area contributed by atoms with Crippen LogP contribution in [0.15, 0.2) is 12.1 Å². The van der Waals surface area contributed by atoms with Gasteiger partial charge in [-0.2, -0.15) is 0 Å². The fourth-order valence-corrected chi connectivity index (χ4v) is 4.60. The van der Waals surface area contributed by atoms with Crippen molar-refractivity contribution in [1.82, 2.24) is 0 Å². The summed E-state index contributed by atoms with van der Waals surface area (Å²) < 4.78 is 6.09. The van der Waals surface area contributed by atoms with Crippen molar-refractivity contribution < 1.29 is 14.6 Å². The molecule has 2 aliphatic heterocycles. The van der Waals surface area contributed by atoms with Crippen LogP contribution in [0, 0.1) is 0 Å². The largest absolute Gasteiger partial charge is 0.481 e. The van der Waals surface area contributed by atoms with E-state index in [4.69, 9.17) is 16.3 Å². The summed E-state index contributed by atoms with van der Waals surface area (Å²) in [6, 6.07) is 4.01. The average molecular weight is 338 g/mol. The number of ether oxygens (including phenoxy) is 1. The van der Waals surface area contributed by atoms with E-state index in [0.717, 1.165) is 31.4 Å². The first-order valence-corrected chi connectivity index (χ1v) is 8.83. The number of benzene rings is 1. The number of halogens is 1.